The number of pyridine rings is 1. The van der Waals surface area contributed by atoms with Crippen LogP contribution in [0, 0.1) is 0 Å². The van der Waals surface area contributed by atoms with Gasteiger partial charge in [-0.1, -0.05) is 170 Å². The molecule has 0 bridgehead atoms. The number of aromatic nitrogens is 1. The lowest BCUT2D eigenvalue weighted by Crippen LogP contribution is -1.93. The van der Waals surface area contributed by atoms with E-state index in [0.29, 0.717) is 0 Å². The molecule has 0 aliphatic carbocycles. The second-order valence-corrected chi connectivity index (χ2v) is 13.4. The molecule has 0 amide bonds. The first-order valence-electron chi connectivity index (χ1n) is 17.9. The van der Waals surface area contributed by atoms with E-state index in [9.17, 15) is 0 Å². The van der Waals surface area contributed by atoms with Crippen molar-refractivity contribution in [2.24, 2.45) is 0 Å². The SMILES string of the molecule is c1ccc(-c2ccc3c(-c4ccc(-c5c6ccccc6c(-c6ccncc6)c6ccccc56)cc4)c4ccccc4c(-c4ccccc4)c3c2)cc1. The van der Waals surface area contributed by atoms with Gasteiger partial charge >= 0.3 is 0 Å². The van der Waals surface area contributed by atoms with E-state index in [0.717, 1.165) is 0 Å². The molecule has 242 valence electrons. The molecule has 0 atom stereocenters. The Hall–Kier alpha value is -6.83. The van der Waals surface area contributed by atoms with E-state index >= 15 is 0 Å². The molecule has 1 aromatic heterocycles. The van der Waals surface area contributed by atoms with Crippen molar-refractivity contribution in [1.82, 2.24) is 4.98 Å². The van der Waals surface area contributed by atoms with Crippen LogP contribution in [0.15, 0.2) is 200 Å². The number of hydrogen-bond donors (Lipinski definition) is 0. The first kappa shape index (κ1) is 30.0. The quantitative estimate of drug-likeness (QED) is 0.168. The van der Waals surface area contributed by atoms with Crippen molar-refractivity contribution in [3.05, 3.63) is 200 Å². The number of nitrogens with zero attached hydrogens (tertiary/aromatic N) is 1. The zero-order valence-electron chi connectivity index (χ0n) is 28.5. The summed E-state index contributed by atoms with van der Waals surface area (Å²) in [6, 6.07) is 68.6. The number of hydrogen-bond acceptors (Lipinski definition) is 1. The average Bonchev–Trinajstić information content (AvgIpc) is 3.22. The predicted octanol–water partition coefficient (Wildman–Crippen LogP) is 14.0. The third kappa shape index (κ3) is 4.90. The molecule has 0 unspecified atom stereocenters. The molecule has 1 heteroatoms. The highest BCUT2D eigenvalue weighted by atomic mass is 14.6. The normalized spacial score (nSPS) is 11.5. The van der Waals surface area contributed by atoms with Gasteiger partial charge in [0.2, 0.25) is 0 Å². The van der Waals surface area contributed by atoms with Gasteiger partial charge in [-0.15, -0.1) is 0 Å². The maximum absolute atomic E-state index is 4.31. The zero-order valence-corrected chi connectivity index (χ0v) is 28.5. The lowest BCUT2D eigenvalue weighted by atomic mass is 9.84. The number of fused-ring (bicyclic) bond motifs is 4. The number of benzene rings is 9. The molecule has 0 saturated carbocycles. The molecule has 1 nitrogen and oxygen atoms in total. The Balaban J connectivity index is 1.21. The van der Waals surface area contributed by atoms with Crippen LogP contribution in [-0.2, 0) is 0 Å². The Kier molecular flexibility index (Phi) is 7.22. The Bertz CT molecular complexity index is 2850. The third-order valence-corrected chi connectivity index (χ3v) is 10.6. The zero-order chi connectivity index (χ0) is 34.4. The minimum atomic E-state index is 1.18. The van der Waals surface area contributed by atoms with Crippen molar-refractivity contribution in [2.45, 2.75) is 0 Å². The molecular formula is C51H33N. The predicted molar refractivity (Wildman–Crippen MR) is 221 cm³/mol. The van der Waals surface area contributed by atoms with Gasteiger partial charge in [0.05, 0.1) is 0 Å². The molecule has 0 aliphatic heterocycles. The molecule has 0 aliphatic rings. The van der Waals surface area contributed by atoms with Crippen LogP contribution in [0.1, 0.15) is 0 Å². The van der Waals surface area contributed by atoms with Crippen molar-refractivity contribution in [3.8, 4) is 55.6 Å². The second kappa shape index (κ2) is 12.5. The summed E-state index contributed by atoms with van der Waals surface area (Å²) in [6.45, 7) is 0. The largest absolute Gasteiger partial charge is 0.265 e. The van der Waals surface area contributed by atoms with Gasteiger partial charge in [0, 0.05) is 12.4 Å². The summed E-state index contributed by atoms with van der Waals surface area (Å²) in [5, 5.41) is 10.0. The molecule has 0 N–H and O–H groups in total. The summed E-state index contributed by atoms with van der Waals surface area (Å²) >= 11 is 0. The Morgan fingerprint density at radius 1 is 0.212 bits per heavy atom. The Morgan fingerprint density at radius 3 is 0.962 bits per heavy atom. The standard InChI is InChI=1S/C51H33N/c1-3-13-34(14-4-1)39-27-28-46-47(33-39)51(35-15-5-2-6-16-35)45-22-12-11-21-44(45)49(46)37-25-23-36(24-26-37)48-40-17-7-9-19-42(40)50(38-29-31-52-32-30-38)43-20-10-8-18-41(43)48/h1-33H. The fourth-order valence-electron chi connectivity index (χ4n) is 8.29. The van der Waals surface area contributed by atoms with Crippen LogP contribution in [-0.4, -0.2) is 4.98 Å². The van der Waals surface area contributed by atoms with E-state index in [4.69, 9.17) is 0 Å². The van der Waals surface area contributed by atoms with E-state index in [1.165, 1.54) is 98.7 Å². The van der Waals surface area contributed by atoms with E-state index in [2.05, 4.69) is 193 Å². The summed E-state index contributed by atoms with van der Waals surface area (Å²) in [7, 11) is 0. The highest BCUT2D eigenvalue weighted by molar-refractivity contribution is 6.23. The molecule has 10 rings (SSSR count). The molecule has 0 spiro atoms. The molecule has 0 radical (unpaired) electrons. The van der Waals surface area contributed by atoms with Crippen molar-refractivity contribution in [2.75, 3.05) is 0 Å². The monoisotopic (exact) mass is 659 g/mol. The number of rotatable bonds is 5. The molecule has 0 fully saturated rings. The molecular weight excluding hydrogens is 627 g/mol. The van der Waals surface area contributed by atoms with E-state index in [1.54, 1.807) is 0 Å². The van der Waals surface area contributed by atoms with Crippen LogP contribution in [0.3, 0.4) is 0 Å². The minimum Gasteiger partial charge on any atom is -0.265 e. The van der Waals surface area contributed by atoms with Crippen LogP contribution in [0.25, 0.3) is 98.7 Å². The maximum atomic E-state index is 4.31. The summed E-state index contributed by atoms with van der Waals surface area (Å²) in [5.41, 5.74) is 12.3. The molecule has 10 aromatic rings. The summed E-state index contributed by atoms with van der Waals surface area (Å²) in [4.78, 5) is 4.31. The van der Waals surface area contributed by atoms with Crippen LogP contribution in [0.4, 0.5) is 0 Å². The van der Waals surface area contributed by atoms with E-state index in [-0.39, 0.29) is 0 Å². The van der Waals surface area contributed by atoms with Crippen molar-refractivity contribution in [3.63, 3.8) is 0 Å². The minimum absolute atomic E-state index is 1.18. The fraction of sp³-hybridized carbons (Fsp3) is 0. The van der Waals surface area contributed by atoms with Crippen molar-refractivity contribution < 1.29 is 0 Å². The third-order valence-electron chi connectivity index (χ3n) is 10.6. The van der Waals surface area contributed by atoms with Gasteiger partial charge in [-0.2, -0.15) is 0 Å². The van der Waals surface area contributed by atoms with Crippen LogP contribution >= 0.6 is 0 Å². The van der Waals surface area contributed by atoms with Gasteiger partial charge in [-0.25, -0.2) is 0 Å². The van der Waals surface area contributed by atoms with Crippen LogP contribution in [0.2, 0.25) is 0 Å². The Morgan fingerprint density at radius 2 is 0.519 bits per heavy atom. The van der Waals surface area contributed by atoms with Gasteiger partial charge in [-0.05, 0) is 117 Å². The lowest BCUT2D eigenvalue weighted by Gasteiger charge is -2.20. The fourth-order valence-corrected chi connectivity index (χ4v) is 8.29. The van der Waals surface area contributed by atoms with Crippen molar-refractivity contribution in [1.29, 1.82) is 0 Å². The van der Waals surface area contributed by atoms with Gasteiger partial charge in [0.15, 0.2) is 0 Å². The van der Waals surface area contributed by atoms with Crippen molar-refractivity contribution >= 4 is 43.1 Å². The maximum Gasteiger partial charge on any atom is 0.0273 e. The highest BCUT2D eigenvalue weighted by Crippen LogP contribution is 2.47. The molecule has 0 saturated heterocycles. The van der Waals surface area contributed by atoms with Gasteiger partial charge in [-0.3, -0.25) is 4.98 Å². The second-order valence-electron chi connectivity index (χ2n) is 13.4. The molecule has 52 heavy (non-hydrogen) atoms. The van der Waals surface area contributed by atoms with Crippen LogP contribution < -0.4 is 0 Å². The lowest BCUT2D eigenvalue weighted by molar-refractivity contribution is 1.33. The summed E-state index contributed by atoms with van der Waals surface area (Å²) in [6.07, 6.45) is 3.77. The van der Waals surface area contributed by atoms with Gasteiger partial charge < -0.3 is 0 Å². The van der Waals surface area contributed by atoms with Gasteiger partial charge in [0.25, 0.3) is 0 Å². The Labute approximate surface area is 303 Å². The topological polar surface area (TPSA) is 12.9 Å². The average molecular weight is 660 g/mol. The van der Waals surface area contributed by atoms with Gasteiger partial charge in [0.1, 0.15) is 0 Å². The smallest absolute Gasteiger partial charge is 0.0273 e. The molecule has 1 heterocycles. The van der Waals surface area contributed by atoms with Crippen LogP contribution in [0.5, 0.6) is 0 Å². The first-order chi connectivity index (χ1) is 25.8. The van der Waals surface area contributed by atoms with E-state index in [1.807, 2.05) is 12.4 Å². The first-order valence-corrected chi connectivity index (χ1v) is 17.9. The molecule has 9 aromatic carbocycles. The summed E-state index contributed by atoms with van der Waals surface area (Å²) in [5.74, 6) is 0. The highest BCUT2D eigenvalue weighted by Gasteiger charge is 2.19. The van der Waals surface area contributed by atoms with E-state index < -0.39 is 0 Å². The summed E-state index contributed by atoms with van der Waals surface area (Å²) < 4.78 is 0.